The van der Waals surface area contributed by atoms with Crippen LogP contribution in [0, 0.1) is 11.3 Å². The van der Waals surface area contributed by atoms with Crippen molar-refractivity contribution in [1.29, 1.82) is 5.26 Å². The van der Waals surface area contributed by atoms with E-state index in [9.17, 15) is 4.79 Å². The van der Waals surface area contributed by atoms with Crippen LogP contribution in [0.2, 0.25) is 0 Å². The van der Waals surface area contributed by atoms with E-state index in [1.54, 1.807) is 4.90 Å². The van der Waals surface area contributed by atoms with Gasteiger partial charge in [0, 0.05) is 30.9 Å². The van der Waals surface area contributed by atoms with Crippen molar-refractivity contribution in [3.63, 3.8) is 0 Å². The highest BCUT2D eigenvalue weighted by molar-refractivity contribution is 5.94. The highest BCUT2D eigenvalue weighted by atomic mass is 16.5. The molecule has 1 aromatic carbocycles. The Bertz CT molecular complexity index is 834. The van der Waals surface area contributed by atoms with Gasteiger partial charge < -0.3 is 9.64 Å². The molecule has 1 unspecified atom stereocenters. The quantitative estimate of drug-likeness (QED) is 0.850. The van der Waals surface area contributed by atoms with Crippen molar-refractivity contribution in [1.82, 2.24) is 14.9 Å². The molecule has 3 rings (SSSR count). The Morgan fingerprint density at radius 1 is 1.23 bits per heavy atom. The van der Waals surface area contributed by atoms with E-state index >= 15 is 0 Å². The van der Waals surface area contributed by atoms with Crippen LogP contribution in [0.15, 0.2) is 36.7 Å². The number of carbonyl (C=O) groups excluding carboxylic acids is 1. The standard InChI is InChI=1S/C20H22N4O2/c1-20(2,3)15-6-4-14(5-7-15)19(25)24-11-8-16(13-24)26-18-17(12-21)22-9-10-23-18/h4-7,9-10,16H,8,11,13H2,1-3H3. The van der Waals surface area contributed by atoms with Crippen molar-refractivity contribution >= 4 is 5.91 Å². The predicted molar refractivity (Wildman–Crippen MR) is 96.8 cm³/mol. The number of carbonyl (C=O) groups is 1. The number of hydrogen-bond donors (Lipinski definition) is 0. The van der Waals surface area contributed by atoms with Crippen molar-refractivity contribution in [2.45, 2.75) is 38.7 Å². The minimum Gasteiger partial charge on any atom is -0.470 e. The third-order valence-electron chi connectivity index (χ3n) is 4.48. The third-order valence-corrected chi connectivity index (χ3v) is 4.48. The second-order valence-corrected chi connectivity index (χ2v) is 7.43. The molecule has 6 heteroatoms. The molecule has 1 aliphatic heterocycles. The maximum atomic E-state index is 12.7. The zero-order valence-electron chi connectivity index (χ0n) is 15.3. The average molecular weight is 350 g/mol. The minimum absolute atomic E-state index is 0.00351. The molecule has 1 amide bonds. The number of benzene rings is 1. The van der Waals surface area contributed by atoms with Crippen LogP contribution in [0.4, 0.5) is 0 Å². The summed E-state index contributed by atoms with van der Waals surface area (Å²) < 4.78 is 5.79. The normalized spacial score (nSPS) is 17.0. The van der Waals surface area contributed by atoms with Gasteiger partial charge in [0.05, 0.1) is 6.54 Å². The lowest BCUT2D eigenvalue weighted by atomic mass is 9.86. The molecule has 26 heavy (non-hydrogen) atoms. The minimum atomic E-state index is -0.184. The first-order chi connectivity index (χ1) is 12.4. The monoisotopic (exact) mass is 350 g/mol. The molecule has 1 fully saturated rings. The molecule has 0 bridgehead atoms. The number of nitriles is 1. The van der Waals surface area contributed by atoms with Crippen molar-refractivity contribution in [2.24, 2.45) is 0 Å². The molecule has 1 aliphatic rings. The zero-order chi connectivity index (χ0) is 18.7. The summed E-state index contributed by atoms with van der Waals surface area (Å²) in [4.78, 5) is 22.5. The van der Waals surface area contributed by atoms with E-state index < -0.39 is 0 Å². The summed E-state index contributed by atoms with van der Waals surface area (Å²) >= 11 is 0. The Balaban J connectivity index is 1.65. The van der Waals surface area contributed by atoms with Crippen LogP contribution in [0.25, 0.3) is 0 Å². The van der Waals surface area contributed by atoms with Crippen molar-refractivity contribution in [3.05, 3.63) is 53.5 Å². The van der Waals surface area contributed by atoms with Crippen molar-refractivity contribution in [2.75, 3.05) is 13.1 Å². The molecule has 0 aliphatic carbocycles. The molecule has 2 aromatic rings. The van der Waals surface area contributed by atoms with Gasteiger partial charge in [-0.25, -0.2) is 9.97 Å². The number of nitrogens with zero attached hydrogens (tertiary/aromatic N) is 4. The summed E-state index contributed by atoms with van der Waals surface area (Å²) in [7, 11) is 0. The number of rotatable bonds is 3. The molecule has 2 heterocycles. The number of hydrogen-bond acceptors (Lipinski definition) is 5. The Morgan fingerprint density at radius 2 is 1.92 bits per heavy atom. The van der Waals surface area contributed by atoms with Gasteiger partial charge in [-0.1, -0.05) is 32.9 Å². The molecule has 0 saturated carbocycles. The van der Waals surface area contributed by atoms with Crippen LogP contribution in [0.1, 0.15) is 48.8 Å². The van der Waals surface area contributed by atoms with Gasteiger partial charge in [0.15, 0.2) is 0 Å². The van der Waals surface area contributed by atoms with E-state index in [2.05, 4.69) is 30.7 Å². The zero-order valence-corrected chi connectivity index (χ0v) is 15.3. The first-order valence-corrected chi connectivity index (χ1v) is 8.66. The number of aromatic nitrogens is 2. The molecule has 0 radical (unpaired) electrons. The van der Waals surface area contributed by atoms with E-state index in [-0.39, 0.29) is 29.0 Å². The summed E-state index contributed by atoms with van der Waals surface area (Å²) in [6, 6.07) is 9.75. The fraction of sp³-hybridized carbons (Fsp3) is 0.400. The van der Waals surface area contributed by atoms with Gasteiger partial charge in [-0.2, -0.15) is 5.26 Å². The average Bonchev–Trinajstić information content (AvgIpc) is 3.09. The third kappa shape index (κ3) is 3.83. The van der Waals surface area contributed by atoms with Crippen LogP contribution in [0.3, 0.4) is 0 Å². The molecular formula is C20H22N4O2. The number of ether oxygens (including phenoxy) is 1. The van der Waals surface area contributed by atoms with E-state index in [0.29, 0.717) is 25.1 Å². The summed E-state index contributed by atoms with van der Waals surface area (Å²) in [5.74, 6) is 0.222. The molecular weight excluding hydrogens is 328 g/mol. The second-order valence-electron chi connectivity index (χ2n) is 7.43. The van der Waals surface area contributed by atoms with Crippen LogP contribution in [0.5, 0.6) is 5.88 Å². The highest BCUT2D eigenvalue weighted by Gasteiger charge is 2.29. The van der Waals surface area contributed by atoms with E-state index in [1.807, 2.05) is 30.3 Å². The molecule has 1 aromatic heterocycles. The Labute approximate surface area is 153 Å². The highest BCUT2D eigenvalue weighted by Crippen LogP contribution is 2.24. The van der Waals surface area contributed by atoms with Gasteiger partial charge in [-0.15, -0.1) is 0 Å². The van der Waals surface area contributed by atoms with Crippen molar-refractivity contribution < 1.29 is 9.53 Å². The van der Waals surface area contributed by atoms with Crippen LogP contribution in [-0.2, 0) is 5.41 Å². The van der Waals surface area contributed by atoms with Gasteiger partial charge in [0.2, 0.25) is 5.69 Å². The van der Waals surface area contributed by atoms with Crippen LogP contribution in [-0.4, -0.2) is 40.0 Å². The molecule has 0 N–H and O–H groups in total. The maximum Gasteiger partial charge on any atom is 0.253 e. The van der Waals surface area contributed by atoms with E-state index in [4.69, 9.17) is 10.00 Å². The summed E-state index contributed by atoms with van der Waals surface area (Å²) in [6.45, 7) is 7.53. The number of amides is 1. The molecule has 1 atom stereocenters. The fourth-order valence-corrected chi connectivity index (χ4v) is 2.95. The topological polar surface area (TPSA) is 79.1 Å². The summed E-state index contributed by atoms with van der Waals surface area (Å²) in [6.07, 6.45) is 3.46. The number of likely N-dealkylation sites (tertiary alicyclic amines) is 1. The fourth-order valence-electron chi connectivity index (χ4n) is 2.95. The lowest BCUT2D eigenvalue weighted by molar-refractivity contribution is 0.0771. The van der Waals surface area contributed by atoms with E-state index in [1.165, 1.54) is 18.0 Å². The SMILES string of the molecule is CC(C)(C)c1ccc(C(=O)N2CCC(Oc3nccnc3C#N)C2)cc1. The lowest BCUT2D eigenvalue weighted by Gasteiger charge is -2.20. The second kappa shape index (κ2) is 7.12. The van der Waals surface area contributed by atoms with Crippen LogP contribution < -0.4 is 4.74 Å². The van der Waals surface area contributed by atoms with E-state index in [0.717, 1.165) is 0 Å². The van der Waals surface area contributed by atoms with Gasteiger partial charge >= 0.3 is 0 Å². The van der Waals surface area contributed by atoms with Crippen molar-refractivity contribution in [3.8, 4) is 11.9 Å². The Kier molecular flexibility index (Phi) is 4.90. The summed E-state index contributed by atoms with van der Waals surface area (Å²) in [5.41, 5.74) is 2.10. The molecule has 6 nitrogen and oxygen atoms in total. The smallest absolute Gasteiger partial charge is 0.253 e. The summed E-state index contributed by atoms with van der Waals surface area (Å²) in [5, 5.41) is 9.06. The molecule has 134 valence electrons. The predicted octanol–water partition coefficient (Wildman–Crippen LogP) is 2.94. The van der Waals surface area contributed by atoms with Crippen LogP contribution >= 0.6 is 0 Å². The largest absolute Gasteiger partial charge is 0.470 e. The van der Waals surface area contributed by atoms with Gasteiger partial charge in [-0.05, 0) is 23.1 Å². The Morgan fingerprint density at radius 3 is 2.58 bits per heavy atom. The first kappa shape index (κ1) is 17.9. The van der Waals surface area contributed by atoms with Gasteiger partial charge in [0.25, 0.3) is 11.8 Å². The van der Waals surface area contributed by atoms with Gasteiger partial charge in [0.1, 0.15) is 12.2 Å². The van der Waals surface area contributed by atoms with Gasteiger partial charge in [-0.3, -0.25) is 4.79 Å². The maximum absolute atomic E-state index is 12.7. The molecule has 1 saturated heterocycles. The lowest BCUT2D eigenvalue weighted by Crippen LogP contribution is -2.31. The molecule has 0 spiro atoms. The Hall–Kier alpha value is -2.94. The first-order valence-electron chi connectivity index (χ1n) is 8.66.